The van der Waals surface area contributed by atoms with E-state index < -0.39 is 0 Å². The van der Waals surface area contributed by atoms with Crippen molar-refractivity contribution in [2.24, 2.45) is 0 Å². The van der Waals surface area contributed by atoms with E-state index in [0.717, 1.165) is 5.57 Å². The Morgan fingerprint density at radius 2 is 1.78 bits per heavy atom. The minimum Gasteiger partial charge on any atom is -0.448 e. The maximum atomic E-state index is 14.5. The molecule has 2 aliphatic heterocycles. The molecule has 2 bridgehead atoms. The van der Waals surface area contributed by atoms with Crippen molar-refractivity contribution in [2.45, 2.75) is 30.8 Å². The quantitative estimate of drug-likeness (QED) is 0.457. The second-order valence-corrected chi connectivity index (χ2v) is 9.59. The van der Waals surface area contributed by atoms with Crippen molar-refractivity contribution in [2.75, 3.05) is 19.8 Å². The molecule has 2 heterocycles. The van der Waals surface area contributed by atoms with Crippen molar-refractivity contribution >= 4 is 6.09 Å². The van der Waals surface area contributed by atoms with Gasteiger partial charge >= 0.3 is 6.09 Å². The van der Waals surface area contributed by atoms with Crippen molar-refractivity contribution in [1.29, 1.82) is 5.26 Å². The predicted octanol–water partition coefficient (Wildman–Crippen LogP) is 5.59. The first-order valence-electron chi connectivity index (χ1n) is 12.2. The highest BCUT2D eigenvalue weighted by atomic mass is 19.1. The maximum Gasteiger partial charge on any atom is 0.410 e. The Kier molecular flexibility index (Phi) is 5.79. The molecule has 3 aliphatic rings. The van der Waals surface area contributed by atoms with Gasteiger partial charge in [0.2, 0.25) is 0 Å². The van der Waals surface area contributed by atoms with Crippen LogP contribution in [0, 0.1) is 17.1 Å². The van der Waals surface area contributed by atoms with Crippen LogP contribution in [-0.2, 0) is 15.9 Å². The third kappa shape index (κ3) is 3.96. The van der Waals surface area contributed by atoms with Gasteiger partial charge in [0.15, 0.2) is 0 Å². The van der Waals surface area contributed by atoms with E-state index in [9.17, 15) is 9.18 Å². The first kappa shape index (κ1) is 22.5. The second-order valence-electron chi connectivity index (χ2n) is 9.59. The molecule has 3 aromatic rings. The Morgan fingerprint density at radius 1 is 1.06 bits per heavy atom. The van der Waals surface area contributed by atoms with Crippen LogP contribution in [0.2, 0.25) is 0 Å². The number of rotatable bonds is 4. The lowest BCUT2D eigenvalue weighted by Gasteiger charge is -2.44. The fourth-order valence-electron chi connectivity index (χ4n) is 5.77. The van der Waals surface area contributed by atoms with E-state index in [0.29, 0.717) is 37.2 Å². The molecule has 5 nitrogen and oxygen atoms in total. The summed E-state index contributed by atoms with van der Waals surface area (Å²) in [5.74, 6) is -0.372. The Morgan fingerprint density at radius 3 is 2.44 bits per heavy atom. The summed E-state index contributed by atoms with van der Waals surface area (Å²) in [6, 6.07) is 22.7. The minimum absolute atomic E-state index is 0.00712. The molecule has 6 heteroatoms. The van der Waals surface area contributed by atoms with E-state index in [1.165, 1.54) is 28.3 Å². The smallest absolute Gasteiger partial charge is 0.410 e. The van der Waals surface area contributed by atoms with Crippen molar-refractivity contribution in [3.8, 4) is 17.2 Å². The van der Waals surface area contributed by atoms with Gasteiger partial charge in [-0.2, -0.15) is 5.26 Å². The summed E-state index contributed by atoms with van der Waals surface area (Å²) >= 11 is 0. The SMILES string of the molecule is N#Cc1ccc(CC2=CC3COCC(C2)N3C(=O)OCC2c3ccccc3-c3ccccc32)c(F)c1. The number of halogens is 1. The molecule has 1 aliphatic carbocycles. The minimum atomic E-state index is -0.379. The van der Waals surface area contributed by atoms with E-state index in [1.807, 2.05) is 36.4 Å². The summed E-state index contributed by atoms with van der Waals surface area (Å²) in [7, 11) is 0. The van der Waals surface area contributed by atoms with Gasteiger partial charge < -0.3 is 9.47 Å². The van der Waals surface area contributed by atoms with Gasteiger partial charge in [-0.15, -0.1) is 0 Å². The van der Waals surface area contributed by atoms with Crippen LogP contribution in [0.25, 0.3) is 11.1 Å². The Labute approximate surface area is 209 Å². The van der Waals surface area contributed by atoms with Crippen LogP contribution in [0.3, 0.4) is 0 Å². The fourth-order valence-corrected chi connectivity index (χ4v) is 5.77. The normalized spacial score (nSPS) is 20.2. The van der Waals surface area contributed by atoms with Crippen molar-refractivity contribution in [3.63, 3.8) is 0 Å². The van der Waals surface area contributed by atoms with Crippen molar-refractivity contribution in [1.82, 2.24) is 4.90 Å². The number of morpholine rings is 1. The summed E-state index contributed by atoms with van der Waals surface area (Å²) in [5.41, 5.74) is 6.68. The zero-order valence-electron chi connectivity index (χ0n) is 19.7. The predicted molar refractivity (Wildman–Crippen MR) is 133 cm³/mol. The number of fused-ring (bicyclic) bond motifs is 5. The number of benzene rings is 3. The Bertz CT molecular complexity index is 1360. The highest BCUT2D eigenvalue weighted by Gasteiger charge is 2.39. The molecule has 1 fully saturated rings. The second kappa shape index (κ2) is 9.25. The summed E-state index contributed by atoms with van der Waals surface area (Å²) < 4.78 is 26.1. The third-order valence-corrected chi connectivity index (χ3v) is 7.42. The molecule has 0 N–H and O–H groups in total. The lowest BCUT2D eigenvalue weighted by atomic mass is 9.90. The van der Waals surface area contributed by atoms with Gasteiger partial charge in [-0.1, -0.05) is 66.2 Å². The number of hydrogen-bond donors (Lipinski definition) is 0. The van der Waals surface area contributed by atoms with Gasteiger partial charge in [0.05, 0.1) is 36.9 Å². The lowest BCUT2D eigenvalue weighted by molar-refractivity contribution is -0.0364. The molecule has 6 rings (SSSR count). The zero-order valence-corrected chi connectivity index (χ0v) is 19.7. The molecule has 2 atom stereocenters. The molecule has 0 saturated carbocycles. The lowest BCUT2D eigenvalue weighted by Crippen LogP contribution is -2.56. The molecular weight excluding hydrogens is 455 g/mol. The molecule has 0 radical (unpaired) electrons. The average molecular weight is 481 g/mol. The first-order valence-corrected chi connectivity index (χ1v) is 12.2. The van der Waals surface area contributed by atoms with Crippen LogP contribution in [-0.4, -0.2) is 42.9 Å². The molecule has 180 valence electrons. The van der Waals surface area contributed by atoms with Crippen LogP contribution >= 0.6 is 0 Å². The summed E-state index contributed by atoms with van der Waals surface area (Å²) in [6.45, 7) is 1.09. The first-order chi connectivity index (χ1) is 17.6. The topological polar surface area (TPSA) is 62.6 Å². The molecule has 36 heavy (non-hydrogen) atoms. The van der Waals surface area contributed by atoms with Gasteiger partial charge in [0.25, 0.3) is 0 Å². The largest absolute Gasteiger partial charge is 0.448 e. The van der Waals surface area contributed by atoms with Crippen molar-refractivity contribution in [3.05, 3.63) is 106 Å². The molecular formula is C30H25FN2O3. The number of hydrogen-bond acceptors (Lipinski definition) is 4. The number of carbonyl (C=O) groups excluding carboxylic acids is 1. The highest BCUT2D eigenvalue weighted by Crippen LogP contribution is 2.44. The number of carbonyl (C=O) groups is 1. The fraction of sp³-hybridized carbons (Fsp3) is 0.267. The van der Waals surface area contributed by atoms with Crippen molar-refractivity contribution < 1.29 is 18.7 Å². The van der Waals surface area contributed by atoms with Crippen LogP contribution in [0.15, 0.2) is 78.4 Å². The zero-order chi connectivity index (χ0) is 24.6. The Hall–Kier alpha value is -3.95. The monoisotopic (exact) mass is 480 g/mol. The Balaban J connectivity index is 1.18. The van der Waals surface area contributed by atoms with Crippen LogP contribution < -0.4 is 0 Å². The average Bonchev–Trinajstić information content (AvgIpc) is 3.21. The number of ether oxygens (including phenoxy) is 2. The third-order valence-electron chi connectivity index (χ3n) is 7.42. The number of amides is 1. The molecule has 1 amide bonds. The molecule has 0 aromatic heterocycles. The van der Waals surface area contributed by atoms with E-state index in [1.54, 1.807) is 17.0 Å². The maximum absolute atomic E-state index is 14.5. The van der Waals surface area contributed by atoms with Gasteiger partial charge in [-0.25, -0.2) is 9.18 Å². The van der Waals surface area contributed by atoms with E-state index >= 15 is 0 Å². The van der Waals surface area contributed by atoms with E-state index in [-0.39, 0.29) is 36.5 Å². The summed E-state index contributed by atoms with van der Waals surface area (Å²) in [5, 5.41) is 8.98. The molecule has 2 unspecified atom stereocenters. The van der Waals surface area contributed by atoms with Crippen LogP contribution in [0.1, 0.15) is 34.6 Å². The molecule has 0 spiro atoms. The standard InChI is InChI=1S/C30H25FN2O3/c31-29-14-19(15-32)9-10-21(29)11-20-12-22-16-35-17-23(13-20)33(22)30(34)36-18-28-26-7-3-1-5-24(26)25-6-2-4-8-27(25)28/h1-10,12,14,22-23,28H,11,13,16-18H2. The number of nitrogens with zero attached hydrogens (tertiary/aromatic N) is 2. The van der Waals surface area contributed by atoms with Gasteiger partial charge in [-0.05, 0) is 52.8 Å². The van der Waals surface area contributed by atoms with Gasteiger partial charge in [0, 0.05) is 5.92 Å². The molecule has 1 saturated heterocycles. The van der Waals surface area contributed by atoms with Crippen LogP contribution in [0.4, 0.5) is 9.18 Å². The summed E-state index contributed by atoms with van der Waals surface area (Å²) in [6.07, 6.45) is 2.72. The van der Waals surface area contributed by atoms with Gasteiger partial charge in [0.1, 0.15) is 12.4 Å². The number of nitriles is 1. The van der Waals surface area contributed by atoms with Gasteiger partial charge in [-0.3, -0.25) is 4.90 Å². The van der Waals surface area contributed by atoms with Crippen LogP contribution in [0.5, 0.6) is 0 Å². The highest BCUT2D eigenvalue weighted by molar-refractivity contribution is 5.79. The van der Waals surface area contributed by atoms with E-state index in [4.69, 9.17) is 14.7 Å². The summed E-state index contributed by atoms with van der Waals surface area (Å²) in [4.78, 5) is 15.1. The molecule has 3 aromatic carbocycles. The van der Waals surface area contributed by atoms with E-state index in [2.05, 4.69) is 24.3 Å².